The third-order valence-corrected chi connectivity index (χ3v) is 17.7. The van der Waals surface area contributed by atoms with Crippen molar-refractivity contribution < 1.29 is 24.2 Å². The van der Waals surface area contributed by atoms with Crippen molar-refractivity contribution in [3.63, 3.8) is 0 Å². The smallest absolute Gasteiger partial charge is 0.309 e. The van der Waals surface area contributed by atoms with Crippen LogP contribution in [0.1, 0.15) is 104 Å². The molecule has 6 aliphatic carbocycles. The van der Waals surface area contributed by atoms with Crippen molar-refractivity contribution in [1.82, 2.24) is 19.8 Å². The van der Waals surface area contributed by atoms with Crippen LogP contribution in [-0.4, -0.2) is 70.2 Å². The number of aliphatic carboxylic acids is 1. The van der Waals surface area contributed by atoms with E-state index in [1.165, 1.54) is 5.57 Å². The van der Waals surface area contributed by atoms with Gasteiger partial charge in [0.15, 0.2) is 0 Å². The number of esters is 1. The number of carbonyl (C=O) groups is 3. The van der Waals surface area contributed by atoms with Crippen LogP contribution in [0, 0.1) is 69.5 Å². The number of nitrogens with zero attached hydrogens (tertiary/aromatic N) is 3. The van der Waals surface area contributed by atoms with Crippen molar-refractivity contribution in [1.29, 1.82) is 0 Å². The topological polar surface area (TPSA) is 140 Å². The molecule has 6 aliphatic rings. The summed E-state index contributed by atoms with van der Waals surface area (Å²) < 4.78 is 8.37. The second kappa shape index (κ2) is 15.5. The Morgan fingerprint density at radius 3 is 2.34 bits per heavy atom. The van der Waals surface area contributed by atoms with Crippen LogP contribution in [0.2, 0.25) is 0 Å². The minimum Gasteiger partial charge on any atom is -0.481 e. The zero-order valence-electron chi connectivity index (χ0n) is 35.9. The molecule has 0 saturated heterocycles. The van der Waals surface area contributed by atoms with Gasteiger partial charge in [0.05, 0.1) is 29.5 Å². The highest BCUT2D eigenvalue weighted by molar-refractivity contribution is 5.84. The van der Waals surface area contributed by atoms with E-state index in [9.17, 15) is 19.5 Å². The molecule has 14 atom stereocenters. The number of amides is 1. The Labute approximate surface area is 346 Å². The number of rotatable bonds is 11. The SMILES string of the molecule is C=C(C)[C@@H]1CCC2(C(=O)NCc3nc(-c4ccccc4)cn3CCN(C)C)CCC3C(CCC4C5(C)CCC(OC(=O)C6CC(C(=O)O)C6C)C(N)C5CCC34C)C12. The Morgan fingerprint density at radius 1 is 0.966 bits per heavy atom. The molecule has 1 amide bonds. The monoisotopic (exact) mass is 796 g/mol. The van der Waals surface area contributed by atoms with Crippen molar-refractivity contribution >= 4 is 17.8 Å². The molecule has 6 saturated carbocycles. The fourth-order valence-corrected chi connectivity index (χ4v) is 14.5. The molecule has 1 heterocycles. The van der Waals surface area contributed by atoms with Gasteiger partial charge in [-0.3, -0.25) is 14.4 Å². The second-order valence-corrected chi connectivity index (χ2v) is 20.6. The van der Waals surface area contributed by atoms with Crippen LogP contribution < -0.4 is 11.1 Å². The first-order valence-corrected chi connectivity index (χ1v) is 22.5. The molecular formula is C48H69N5O5. The summed E-state index contributed by atoms with van der Waals surface area (Å²) in [5.41, 5.74) is 10.2. The molecule has 10 nitrogen and oxygen atoms in total. The van der Waals surface area contributed by atoms with Crippen LogP contribution in [0.4, 0.5) is 0 Å². The van der Waals surface area contributed by atoms with Gasteiger partial charge < -0.3 is 30.4 Å². The first-order chi connectivity index (χ1) is 27.6. The maximum Gasteiger partial charge on any atom is 0.309 e. The van der Waals surface area contributed by atoms with E-state index in [2.05, 4.69) is 74.6 Å². The number of ether oxygens (including phenoxy) is 1. The van der Waals surface area contributed by atoms with Gasteiger partial charge in [-0.1, -0.05) is 63.3 Å². The zero-order valence-corrected chi connectivity index (χ0v) is 35.9. The minimum absolute atomic E-state index is 0.0564. The fourth-order valence-electron chi connectivity index (χ4n) is 14.5. The summed E-state index contributed by atoms with van der Waals surface area (Å²) in [6.45, 7) is 15.8. The van der Waals surface area contributed by atoms with Gasteiger partial charge >= 0.3 is 11.9 Å². The molecule has 1 aromatic heterocycles. The number of carboxylic acids is 1. The number of aromatic nitrogens is 2. The standard InChI is InChI=1S/C48H69N5O5/c1-28(2)31-15-21-48(45(57)50-26-40-51-37(30-11-9-8-10-12-30)27-53(40)24-23-52(6)7)22-17-35-32(41(31)48)13-14-39-46(35,4)19-16-36-42(49)38(18-20-47(36,39)5)58-44(56)34-25-33(29(34)3)43(54)55/h8-12,27,29,31-36,38-39,41-42H,1,13-26,49H2,2-7H3,(H,50,57)(H,54,55)/t29?,31-,32?,33?,34?,35?,36?,38?,39?,41?,42?,46?,47?,48?/m0/s1. The number of imidazole rings is 1. The number of benzene rings is 1. The molecule has 0 spiro atoms. The van der Waals surface area contributed by atoms with Crippen molar-refractivity contribution in [3.8, 4) is 11.3 Å². The summed E-state index contributed by atoms with van der Waals surface area (Å²) in [6.07, 6.45) is 12.2. The number of carboxylic acid groups (broad SMARTS) is 1. The van der Waals surface area contributed by atoms with Gasteiger partial charge in [0.1, 0.15) is 11.9 Å². The molecule has 58 heavy (non-hydrogen) atoms. The Hall–Kier alpha value is -3.50. The van der Waals surface area contributed by atoms with Gasteiger partial charge in [-0.05, 0) is 144 Å². The average Bonchev–Trinajstić information content (AvgIpc) is 3.80. The maximum absolute atomic E-state index is 14.9. The Bertz CT molecular complexity index is 1890. The summed E-state index contributed by atoms with van der Waals surface area (Å²) in [5.74, 6) is 1.43. The maximum atomic E-state index is 14.9. The van der Waals surface area contributed by atoms with E-state index in [1.54, 1.807) is 0 Å². The average molecular weight is 796 g/mol. The zero-order chi connectivity index (χ0) is 41.3. The minimum atomic E-state index is -0.829. The highest BCUT2D eigenvalue weighted by atomic mass is 16.5. The number of hydrogen-bond donors (Lipinski definition) is 3. The van der Waals surface area contributed by atoms with Gasteiger partial charge in [-0.15, -0.1) is 0 Å². The summed E-state index contributed by atoms with van der Waals surface area (Å²) >= 11 is 0. The van der Waals surface area contributed by atoms with Gasteiger partial charge in [-0.2, -0.15) is 0 Å². The van der Waals surface area contributed by atoms with Crippen LogP contribution in [0.15, 0.2) is 48.7 Å². The van der Waals surface area contributed by atoms with Gasteiger partial charge in [0, 0.05) is 30.9 Å². The van der Waals surface area contributed by atoms with Crippen molar-refractivity contribution in [3.05, 3.63) is 54.5 Å². The molecule has 0 radical (unpaired) electrons. The summed E-state index contributed by atoms with van der Waals surface area (Å²) in [4.78, 5) is 46.9. The van der Waals surface area contributed by atoms with Crippen molar-refractivity contribution in [2.24, 2.45) is 75.2 Å². The summed E-state index contributed by atoms with van der Waals surface area (Å²) in [7, 11) is 4.17. The van der Waals surface area contributed by atoms with E-state index in [1.807, 2.05) is 25.1 Å². The second-order valence-electron chi connectivity index (χ2n) is 20.6. The van der Waals surface area contributed by atoms with E-state index in [-0.39, 0.29) is 58.5 Å². The molecule has 2 aromatic rings. The van der Waals surface area contributed by atoms with Crippen LogP contribution >= 0.6 is 0 Å². The Morgan fingerprint density at radius 2 is 1.66 bits per heavy atom. The molecule has 4 N–H and O–H groups in total. The van der Waals surface area contributed by atoms with E-state index in [0.29, 0.717) is 36.6 Å². The molecule has 0 bridgehead atoms. The number of allylic oxidation sites excluding steroid dienone is 1. The third kappa shape index (κ3) is 6.76. The third-order valence-electron chi connectivity index (χ3n) is 17.7. The number of nitrogens with one attached hydrogen (secondary N) is 1. The molecule has 316 valence electrons. The lowest BCUT2D eigenvalue weighted by Gasteiger charge is -2.67. The van der Waals surface area contributed by atoms with E-state index in [4.69, 9.17) is 15.5 Å². The van der Waals surface area contributed by atoms with Crippen LogP contribution in [0.5, 0.6) is 0 Å². The van der Waals surface area contributed by atoms with E-state index < -0.39 is 17.3 Å². The van der Waals surface area contributed by atoms with Gasteiger partial charge in [0.25, 0.3) is 0 Å². The quantitative estimate of drug-likeness (QED) is 0.157. The Balaban J connectivity index is 0.984. The van der Waals surface area contributed by atoms with Crippen LogP contribution in [0.3, 0.4) is 0 Å². The number of nitrogens with two attached hydrogens (primary N) is 1. The molecule has 1 aromatic carbocycles. The van der Waals surface area contributed by atoms with Crippen LogP contribution in [-0.2, 0) is 32.2 Å². The first-order valence-electron chi connectivity index (χ1n) is 22.5. The highest BCUT2D eigenvalue weighted by Gasteiger charge is 2.67. The van der Waals surface area contributed by atoms with Gasteiger partial charge in [0.2, 0.25) is 5.91 Å². The largest absolute Gasteiger partial charge is 0.481 e. The number of hydrogen-bond acceptors (Lipinski definition) is 7. The number of fused-ring (bicyclic) bond motifs is 7. The first kappa shape index (κ1) is 41.2. The lowest BCUT2D eigenvalue weighted by atomic mass is 9.37. The molecule has 13 unspecified atom stereocenters. The lowest BCUT2D eigenvalue weighted by molar-refractivity contribution is -0.199. The molecule has 10 heteroatoms. The molecule has 6 fully saturated rings. The summed E-state index contributed by atoms with van der Waals surface area (Å²) in [6, 6.07) is 10.1. The predicted molar refractivity (Wildman–Crippen MR) is 225 cm³/mol. The van der Waals surface area contributed by atoms with Gasteiger partial charge in [-0.25, -0.2) is 4.98 Å². The molecule has 8 rings (SSSR count). The molecular weight excluding hydrogens is 727 g/mol. The van der Waals surface area contributed by atoms with E-state index >= 15 is 0 Å². The van der Waals surface area contributed by atoms with Crippen LogP contribution in [0.25, 0.3) is 11.3 Å². The van der Waals surface area contributed by atoms with Crippen molar-refractivity contribution in [2.75, 3.05) is 20.6 Å². The lowest BCUT2D eigenvalue weighted by Crippen LogP contribution is -2.65. The fraction of sp³-hybridized carbons (Fsp3) is 0.708. The number of likely N-dealkylation sites (N-methyl/N-ethyl adjacent to an activating group) is 1. The Kier molecular flexibility index (Phi) is 11.0. The van der Waals surface area contributed by atoms with Crippen molar-refractivity contribution in [2.45, 2.75) is 124 Å². The molecule has 0 aliphatic heterocycles. The normalized spacial score (nSPS) is 40.3. The number of carbonyl (C=O) groups excluding carboxylic acids is 2. The predicted octanol–water partition coefficient (Wildman–Crippen LogP) is 7.57. The van der Waals surface area contributed by atoms with E-state index in [0.717, 1.165) is 94.4 Å². The highest BCUT2D eigenvalue weighted by Crippen LogP contribution is 2.72. The summed E-state index contributed by atoms with van der Waals surface area (Å²) in [5, 5.41) is 13.0.